The highest BCUT2D eigenvalue weighted by atomic mass is 16.5. The molecule has 0 radical (unpaired) electrons. The smallest absolute Gasteiger partial charge is 0.258 e. The van der Waals surface area contributed by atoms with E-state index in [1.54, 1.807) is 0 Å². The fraction of sp³-hybridized carbons (Fsp3) is 0.269. The van der Waals surface area contributed by atoms with Crippen molar-refractivity contribution >= 4 is 5.91 Å². The molecule has 5 nitrogen and oxygen atoms in total. The molecule has 3 aromatic rings. The van der Waals surface area contributed by atoms with E-state index in [-0.39, 0.29) is 18.6 Å². The normalized spacial score (nSPS) is 11.5. The molecule has 0 aliphatic heterocycles. The summed E-state index contributed by atoms with van der Waals surface area (Å²) in [4.78, 5) is 12.2. The number of benzene rings is 3. The Balaban J connectivity index is 1.53. The Morgan fingerprint density at radius 3 is 2.26 bits per heavy atom. The van der Waals surface area contributed by atoms with Gasteiger partial charge in [0.1, 0.15) is 0 Å². The van der Waals surface area contributed by atoms with Crippen molar-refractivity contribution < 1.29 is 14.3 Å². The van der Waals surface area contributed by atoms with E-state index in [1.165, 1.54) is 5.56 Å². The van der Waals surface area contributed by atoms with Gasteiger partial charge in [0.15, 0.2) is 18.1 Å². The van der Waals surface area contributed by atoms with E-state index in [0.29, 0.717) is 31.2 Å². The van der Waals surface area contributed by atoms with Crippen LogP contribution < -0.4 is 20.1 Å². The van der Waals surface area contributed by atoms with E-state index in [4.69, 9.17) is 9.47 Å². The van der Waals surface area contributed by atoms with Crippen LogP contribution in [0.25, 0.3) is 0 Å². The lowest BCUT2D eigenvalue weighted by Gasteiger charge is -2.16. The van der Waals surface area contributed by atoms with Gasteiger partial charge < -0.3 is 20.1 Å². The van der Waals surface area contributed by atoms with Crippen molar-refractivity contribution in [2.45, 2.75) is 33.0 Å². The Kier molecular flexibility index (Phi) is 8.49. The molecule has 0 aliphatic carbocycles. The number of amides is 1. The van der Waals surface area contributed by atoms with E-state index >= 15 is 0 Å². The maximum absolute atomic E-state index is 12.2. The number of hydrogen-bond donors (Lipinski definition) is 2. The Morgan fingerprint density at radius 2 is 1.55 bits per heavy atom. The first-order valence-electron chi connectivity index (χ1n) is 10.6. The van der Waals surface area contributed by atoms with Crippen LogP contribution >= 0.6 is 0 Å². The third-order valence-electron chi connectivity index (χ3n) is 4.91. The topological polar surface area (TPSA) is 59.6 Å². The molecule has 0 spiro atoms. The molecule has 0 bridgehead atoms. The van der Waals surface area contributed by atoms with Gasteiger partial charge in [0, 0.05) is 19.1 Å². The summed E-state index contributed by atoms with van der Waals surface area (Å²) in [5, 5.41) is 6.39. The number of rotatable bonds is 11. The molecule has 2 N–H and O–H groups in total. The number of carbonyl (C=O) groups is 1. The summed E-state index contributed by atoms with van der Waals surface area (Å²) < 4.78 is 11.5. The van der Waals surface area contributed by atoms with Crippen LogP contribution in [0.4, 0.5) is 0 Å². The molecule has 31 heavy (non-hydrogen) atoms. The van der Waals surface area contributed by atoms with Crippen molar-refractivity contribution in [1.29, 1.82) is 0 Å². The SMILES string of the molecule is CCOc1cc(CN[C@H](C)c2ccccc2)ccc1OCC(=O)NCc1ccccc1. The number of nitrogens with one attached hydrogen (secondary N) is 2. The molecule has 1 atom stereocenters. The van der Waals surface area contributed by atoms with Crippen molar-refractivity contribution in [1.82, 2.24) is 10.6 Å². The predicted octanol–water partition coefficient (Wildman–Crippen LogP) is 4.63. The zero-order chi connectivity index (χ0) is 21.9. The maximum Gasteiger partial charge on any atom is 0.258 e. The van der Waals surface area contributed by atoms with Crippen molar-refractivity contribution in [3.8, 4) is 11.5 Å². The molecule has 3 rings (SSSR count). The molecule has 0 saturated heterocycles. The highest BCUT2D eigenvalue weighted by molar-refractivity contribution is 5.77. The fourth-order valence-corrected chi connectivity index (χ4v) is 3.17. The Hall–Kier alpha value is -3.31. The standard InChI is InChI=1S/C26H30N2O3/c1-3-30-25-16-22(18-27-20(2)23-12-8-5-9-13-23)14-15-24(25)31-19-26(29)28-17-21-10-6-4-7-11-21/h4-16,20,27H,3,17-19H2,1-2H3,(H,28,29)/t20-/m1/s1. The van der Waals surface area contributed by atoms with Gasteiger partial charge in [-0.25, -0.2) is 0 Å². The first kappa shape index (κ1) is 22.4. The molecular weight excluding hydrogens is 388 g/mol. The van der Waals surface area contributed by atoms with Gasteiger partial charge in [0.25, 0.3) is 5.91 Å². The first-order valence-corrected chi connectivity index (χ1v) is 10.6. The number of ether oxygens (including phenoxy) is 2. The van der Waals surface area contributed by atoms with Crippen LogP contribution in [0.5, 0.6) is 11.5 Å². The van der Waals surface area contributed by atoms with E-state index < -0.39 is 0 Å². The van der Waals surface area contributed by atoms with Gasteiger partial charge in [-0.05, 0) is 42.7 Å². The average molecular weight is 419 g/mol. The maximum atomic E-state index is 12.2. The molecule has 0 heterocycles. The van der Waals surface area contributed by atoms with E-state index in [2.05, 4.69) is 29.7 Å². The minimum absolute atomic E-state index is 0.0600. The van der Waals surface area contributed by atoms with Crippen molar-refractivity contribution in [3.63, 3.8) is 0 Å². The molecule has 3 aromatic carbocycles. The molecule has 0 saturated carbocycles. The lowest BCUT2D eigenvalue weighted by molar-refractivity contribution is -0.123. The zero-order valence-corrected chi connectivity index (χ0v) is 18.1. The van der Waals surface area contributed by atoms with Gasteiger partial charge in [-0.15, -0.1) is 0 Å². The number of hydrogen-bond acceptors (Lipinski definition) is 4. The van der Waals surface area contributed by atoms with Crippen LogP contribution in [0.3, 0.4) is 0 Å². The van der Waals surface area contributed by atoms with Crippen LogP contribution in [0, 0.1) is 0 Å². The second kappa shape index (κ2) is 11.8. The van der Waals surface area contributed by atoms with Crippen molar-refractivity contribution in [2.75, 3.05) is 13.2 Å². The summed E-state index contributed by atoms with van der Waals surface area (Å²) in [7, 11) is 0. The van der Waals surface area contributed by atoms with Crippen LogP contribution in [0.2, 0.25) is 0 Å². The predicted molar refractivity (Wildman–Crippen MR) is 123 cm³/mol. The van der Waals surface area contributed by atoms with Crippen LogP contribution in [0.1, 0.15) is 36.6 Å². The van der Waals surface area contributed by atoms with Gasteiger partial charge in [-0.3, -0.25) is 4.79 Å². The molecule has 0 aromatic heterocycles. The average Bonchev–Trinajstić information content (AvgIpc) is 2.82. The second-order valence-electron chi connectivity index (χ2n) is 7.28. The summed E-state index contributed by atoms with van der Waals surface area (Å²) >= 11 is 0. The van der Waals surface area contributed by atoms with Gasteiger partial charge in [0.2, 0.25) is 0 Å². The van der Waals surface area contributed by atoms with Crippen molar-refractivity contribution in [3.05, 3.63) is 95.6 Å². The molecule has 5 heteroatoms. The summed E-state index contributed by atoms with van der Waals surface area (Å²) in [6.07, 6.45) is 0. The Labute approximate surface area is 184 Å². The lowest BCUT2D eigenvalue weighted by atomic mass is 10.1. The van der Waals surface area contributed by atoms with Crippen molar-refractivity contribution in [2.24, 2.45) is 0 Å². The highest BCUT2D eigenvalue weighted by Gasteiger charge is 2.11. The summed E-state index contributed by atoms with van der Waals surface area (Å²) in [5.74, 6) is 1.04. The monoisotopic (exact) mass is 418 g/mol. The molecule has 1 amide bonds. The molecule has 0 unspecified atom stereocenters. The Bertz CT molecular complexity index is 945. The van der Waals surface area contributed by atoms with Crippen LogP contribution in [-0.2, 0) is 17.9 Å². The van der Waals surface area contributed by atoms with Gasteiger partial charge in [-0.2, -0.15) is 0 Å². The van der Waals surface area contributed by atoms with E-state index in [1.807, 2.05) is 73.7 Å². The minimum Gasteiger partial charge on any atom is -0.490 e. The summed E-state index contributed by atoms with van der Waals surface area (Å²) in [6, 6.07) is 26.2. The summed E-state index contributed by atoms with van der Waals surface area (Å²) in [6.45, 7) is 5.71. The lowest BCUT2D eigenvalue weighted by Crippen LogP contribution is -2.28. The Morgan fingerprint density at radius 1 is 0.839 bits per heavy atom. The summed E-state index contributed by atoms with van der Waals surface area (Å²) in [5.41, 5.74) is 3.38. The second-order valence-corrected chi connectivity index (χ2v) is 7.28. The van der Waals surface area contributed by atoms with Crippen LogP contribution in [-0.4, -0.2) is 19.1 Å². The van der Waals surface area contributed by atoms with Gasteiger partial charge in [-0.1, -0.05) is 66.7 Å². The van der Waals surface area contributed by atoms with Crippen LogP contribution in [0.15, 0.2) is 78.9 Å². The number of carbonyl (C=O) groups excluding carboxylic acids is 1. The van der Waals surface area contributed by atoms with Gasteiger partial charge in [0.05, 0.1) is 6.61 Å². The van der Waals surface area contributed by atoms with E-state index in [0.717, 1.165) is 11.1 Å². The third kappa shape index (κ3) is 7.15. The van der Waals surface area contributed by atoms with E-state index in [9.17, 15) is 4.79 Å². The zero-order valence-electron chi connectivity index (χ0n) is 18.1. The minimum atomic E-state index is -0.172. The first-order chi connectivity index (χ1) is 15.2. The highest BCUT2D eigenvalue weighted by Crippen LogP contribution is 2.29. The molecule has 0 fully saturated rings. The largest absolute Gasteiger partial charge is 0.490 e. The molecule has 162 valence electrons. The fourth-order valence-electron chi connectivity index (χ4n) is 3.17. The molecular formula is C26H30N2O3. The third-order valence-corrected chi connectivity index (χ3v) is 4.91. The quantitative estimate of drug-likeness (QED) is 0.477. The van der Waals surface area contributed by atoms with Gasteiger partial charge >= 0.3 is 0 Å². The molecule has 0 aliphatic rings.